The number of nitrogens with one attached hydrogen (secondary N) is 1. The smallest absolute Gasteiger partial charge is 0.408 e. The number of ketones is 1. The van der Waals surface area contributed by atoms with Crippen LogP contribution in [0.3, 0.4) is 0 Å². The van der Waals surface area contributed by atoms with Crippen LogP contribution in [-0.2, 0) is 23.8 Å². The fraction of sp³-hybridized carbons (Fsp3) is 0.667. The van der Waals surface area contributed by atoms with E-state index in [1.807, 2.05) is 0 Å². The molecule has 0 aliphatic carbocycles. The van der Waals surface area contributed by atoms with E-state index in [-0.39, 0.29) is 0 Å². The minimum absolute atomic E-state index is 0.420. The van der Waals surface area contributed by atoms with Gasteiger partial charge in [-0.1, -0.05) is 0 Å². The first-order chi connectivity index (χ1) is 9.51. The van der Waals surface area contributed by atoms with Crippen molar-refractivity contribution in [2.24, 2.45) is 5.73 Å². The molecule has 0 aromatic rings. The van der Waals surface area contributed by atoms with Crippen molar-refractivity contribution in [3.05, 3.63) is 0 Å². The molecular weight excluding hydrogens is 284 g/mol. The number of rotatable bonds is 6. The van der Waals surface area contributed by atoms with Gasteiger partial charge in [0.1, 0.15) is 11.6 Å². The summed E-state index contributed by atoms with van der Waals surface area (Å²) in [6.07, 6.45) is -2.35. The number of ether oxygens (including phenoxy) is 3. The van der Waals surface area contributed by atoms with Crippen molar-refractivity contribution in [3.8, 4) is 0 Å². The summed E-state index contributed by atoms with van der Waals surface area (Å²) in [6.45, 7) is 5.51. The second-order valence-electron chi connectivity index (χ2n) is 5.11. The largest absolute Gasteiger partial charge is 0.444 e. The van der Waals surface area contributed by atoms with Crippen molar-refractivity contribution < 1.29 is 33.4 Å². The van der Waals surface area contributed by atoms with E-state index in [0.717, 1.165) is 0 Å². The highest BCUT2D eigenvalue weighted by Crippen LogP contribution is 2.07. The molecule has 1 unspecified atom stereocenters. The van der Waals surface area contributed by atoms with Gasteiger partial charge in [0.15, 0.2) is 5.78 Å². The number of carbonyl (C=O) groups is 4. The molecular formula is C12H20N2O7. The predicted molar refractivity (Wildman–Crippen MR) is 70.1 cm³/mol. The second-order valence-corrected chi connectivity index (χ2v) is 5.11. The van der Waals surface area contributed by atoms with Gasteiger partial charge in [-0.25, -0.2) is 9.59 Å². The van der Waals surface area contributed by atoms with Gasteiger partial charge in [0.25, 0.3) is 0 Å². The topological polar surface area (TPSA) is 134 Å². The van der Waals surface area contributed by atoms with Gasteiger partial charge in [-0.05, 0) is 27.7 Å². The first-order valence-electron chi connectivity index (χ1n) is 6.09. The second kappa shape index (κ2) is 8.08. The fourth-order valence-electron chi connectivity index (χ4n) is 1.13. The number of nitrogens with two attached hydrogens (primary N) is 1. The lowest BCUT2D eigenvalue weighted by molar-refractivity contribution is -0.153. The van der Waals surface area contributed by atoms with E-state index in [4.69, 9.17) is 4.74 Å². The zero-order valence-electron chi connectivity index (χ0n) is 12.4. The summed E-state index contributed by atoms with van der Waals surface area (Å²) in [5, 5.41) is 2.26. The molecule has 0 saturated heterocycles. The van der Waals surface area contributed by atoms with E-state index >= 15 is 0 Å². The van der Waals surface area contributed by atoms with Gasteiger partial charge < -0.3 is 25.3 Å². The van der Waals surface area contributed by atoms with E-state index < -0.39 is 48.8 Å². The molecule has 9 heteroatoms. The number of esters is 1. The van der Waals surface area contributed by atoms with E-state index in [1.165, 1.54) is 6.92 Å². The van der Waals surface area contributed by atoms with Crippen LogP contribution in [-0.4, -0.2) is 42.4 Å². The number of hydrogen-bond acceptors (Lipinski definition) is 7. The normalized spacial score (nSPS) is 12.0. The van der Waals surface area contributed by atoms with E-state index in [2.05, 4.69) is 20.5 Å². The van der Waals surface area contributed by atoms with Gasteiger partial charge in [0, 0.05) is 0 Å². The van der Waals surface area contributed by atoms with Crippen molar-refractivity contribution >= 4 is 23.9 Å². The Morgan fingerprint density at radius 1 is 1.14 bits per heavy atom. The Bertz CT molecular complexity index is 414. The molecule has 0 rings (SSSR count). The van der Waals surface area contributed by atoms with Crippen LogP contribution in [0.4, 0.5) is 9.59 Å². The van der Waals surface area contributed by atoms with Gasteiger partial charge in [0.05, 0.1) is 6.42 Å². The molecule has 0 fully saturated rings. The maximum atomic E-state index is 11.5. The highest BCUT2D eigenvalue weighted by Gasteiger charge is 2.24. The lowest BCUT2D eigenvalue weighted by Crippen LogP contribution is -2.44. The molecule has 0 aliphatic heterocycles. The number of hydrogen-bond donors (Lipinski definition) is 2. The Balaban J connectivity index is 4.37. The standard InChI is InChI=1S/C12H20N2O7/c1-7(15)8(14-11(18)21-12(2,3)4)5-9(16)19-6-20-10(13)17/h8H,5-6H2,1-4H3,(H2,13,17)(H,14,18). The van der Waals surface area contributed by atoms with Crippen molar-refractivity contribution in [2.75, 3.05) is 6.79 Å². The van der Waals surface area contributed by atoms with Crippen LogP contribution in [0.1, 0.15) is 34.1 Å². The molecule has 0 spiro atoms. The summed E-state index contributed by atoms with van der Waals surface area (Å²) in [7, 11) is 0. The minimum Gasteiger partial charge on any atom is -0.444 e. The van der Waals surface area contributed by atoms with Crippen LogP contribution in [0.15, 0.2) is 0 Å². The van der Waals surface area contributed by atoms with E-state index in [1.54, 1.807) is 20.8 Å². The number of amides is 2. The molecule has 0 aliphatic rings. The fourth-order valence-corrected chi connectivity index (χ4v) is 1.13. The van der Waals surface area contributed by atoms with Gasteiger partial charge >= 0.3 is 18.2 Å². The lowest BCUT2D eigenvalue weighted by Gasteiger charge is -2.22. The van der Waals surface area contributed by atoms with Crippen LogP contribution >= 0.6 is 0 Å². The molecule has 0 aromatic carbocycles. The molecule has 1 atom stereocenters. The molecule has 0 aromatic heterocycles. The summed E-state index contributed by atoms with van der Waals surface area (Å²) < 4.78 is 13.7. The van der Waals surface area contributed by atoms with Crippen molar-refractivity contribution in [2.45, 2.75) is 45.8 Å². The SMILES string of the molecule is CC(=O)C(CC(=O)OCOC(N)=O)NC(=O)OC(C)(C)C. The van der Waals surface area contributed by atoms with Crippen LogP contribution in [0.5, 0.6) is 0 Å². The average molecular weight is 304 g/mol. The zero-order chi connectivity index (χ0) is 16.6. The highest BCUT2D eigenvalue weighted by molar-refractivity contribution is 5.89. The molecule has 9 nitrogen and oxygen atoms in total. The summed E-state index contributed by atoms with van der Waals surface area (Å²) in [6, 6.07) is -1.10. The lowest BCUT2D eigenvalue weighted by atomic mass is 10.1. The summed E-state index contributed by atoms with van der Waals surface area (Å²) >= 11 is 0. The first-order valence-corrected chi connectivity index (χ1v) is 6.09. The maximum Gasteiger partial charge on any atom is 0.408 e. The third-order valence-electron chi connectivity index (χ3n) is 1.97. The number of alkyl carbamates (subject to hydrolysis) is 1. The monoisotopic (exact) mass is 304 g/mol. The average Bonchev–Trinajstić information content (AvgIpc) is 2.24. The third-order valence-corrected chi connectivity index (χ3v) is 1.97. The van der Waals surface area contributed by atoms with Crippen LogP contribution in [0.25, 0.3) is 0 Å². The molecule has 0 heterocycles. The van der Waals surface area contributed by atoms with E-state index in [9.17, 15) is 19.2 Å². The summed E-state index contributed by atoms with van der Waals surface area (Å²) in [5.41, 5.74) is 3.94. The predicted octanol–water partition coefficient (Wildman–Crippen LogP) is 0.455. The molecule has 0 bridgehead atoms. The van der Waals surface area contributed by atoms with Crippen LogP contribution in [0.2, 0.25) is 0 Å². The van der Waals surface area contributed by atoms with Crippen LogP contribution < -0.4 is 11.1 Å². The molecule has 2 amide bonds. The quantitative estimate of drug-likeness (QED) is 0.537. The number of primary amides is 1. The van der Waals surface area contributed by atoms with Crippen LogP contribution in [0, 0.1) is 0 Å². The number of carbonyl (C=O) groups excluding carboxylic acids is 4. The minimum atomic E-state index is -1.10. The van der Waals surface area contributed by atoms with Crippen molar-refractivity contribution in [3.63, 3.8) is 0 Å². The van der Waals surface area contributed by atoms with Crippen molar-refractivity contribution in [1.29, 1.82) is 0 Å². The zero-order valence-corrected chi connectivity index (χ0v) is 12.4. The Hall–Kier alpha value is -2.32. The summed E-state index contributed by atoms with van der Waals surface area (Å²) in [5.74, 6) is -1.29. The molecule has 0 radical (unpaired) electrons. The van der Waals surface area contributed by atoms with Gasteiger partial charge in [-0.3, -0.25) is 9.59 Å². The van der Waals surface area contributed by atoms with Gasteiger partial charge in [-0.15, -0.1) is 0 Å². The number of Topliss-reactive ketones (excluding diaryl/α,β-unsaturated/α-hetero) is 1. The Labute approximate surface area is 122 Å². The van der Waals surface area contributed by atoms with Gasteiger partial charge in [0.2, 0.25) is 6.79 Å². The van der Waals surface area contributed by atoms with Gasteiger partial charge in [-0.2, -0.15) is 0 Å². The molecule has 120 valence electrons. The highest BCUT2D eigenvalue weighted by atomic mass is 16.7. The Morgan fingerprint density at radius 2 is 1.71 bits per heavy atom. The molecule has 3 N–H and O–H groups in total. The Morgan fingerprint density at radius 3 is 2.14 bits per heavy atom. The molecule has 0 saturated carbocycles. The molecule has 21 heavy (non-hydrogen) atoms. The van der Waals surface area contributed by atoms with E-state index in [0.29, 0.717) is 0 Å². The maximum absolute atomic E-state index is 11.5. The first kappa shape index (κ1) is 18.7. The van der Waals surface area contributed by atoms with Crippen molar-refractivity contribution in [1.82, 2.24) is 5.32 Å². The Kier molecular flexibility index (Phi) is 7.18. The summed E-state index contributed by atoms with van der Waals surface area (Å²) in [4.78, 5) is 44.6. The third kappa shape index (κ3) is 10.2.